The highest BCUT2D eigenvalue weighted by Crippen LogP contribution is 2.44. The number of sulfone groups is 1. The molecule has 2 aromatic heterocycles. The lowest BCUT2D eigenvalue weighted by Gasteiger charge is -2.11. The number of hydrogen-bond donors (Lipinski definition) is 0. The molecule has 160 valence electrons. The van der Waals surface area contributed by atoms with E-state index in [2.05, 4.69) is 5.10 Å². The van der Waals surface area contributed by atoms with Gasteiger partial charge in [0.2, 0.25) is 0 Å². The highest BCUT2D eigenvalue weighted by Gasteiger charge is 2.40. The normalized spacial score (nSPS) is 12.3. The Hall–Kier alpha value is -2.91. The average molecular weight is 463 g/mol. The zero-order chi connectivity index (χ0) is 22.4. The standard InChI is InChI=1S/C22H17F3N2O2S2/c1-14-12-18(30-13-14)27-20(16-8-10-17(11-9-16)31(2,28)29)19(15-6-4-3-5-7-15)21(26-27)22(23,24)25/h3-13H,1-2H3. The smallest absolute Gasteiger partial charge is 0.224 e. The molecular formula is C22H17F3N2O2S2. The van der Waals surface area contributed by atoms with Gasteiger partial charge < -0.3 is 0 Å². The van der Waals surface area contributed by atoms with Crippen LogP contribution in [0.15, 0.2) is 70.9 Å². The van der Waals surface area contributed by atoms with Crippen LogP contribution in [-0.2, 0) is 16.0 Å². The first-order chi connectivity index (χ1) is 14.6. The van der Waals surface area contributed by atoms with Crippen molar-refractivity contribution >= 4 is 21.2 Å². The molecule has 0 spiro atoms. The summed E-state index contributed by atoms with van der Waals surface area (Å²) in [5.74, 6) is 0. The van der Waals surface area contributed by atoms with Gasteiger partial charge in [-0.25, -0.2) is 13.1 Å². The Morgan fingerprint density at radius 1 is 0.968 bits per heavy atom. The van der Waals surface area contributed by atoms with Crippen LogP contribution in [0.3, 0.4) is 0 Å². The van der Waals surface area contributed by atoms with E-state index in [1.807, 2.05) is 12.3 Å². The van der Waals surface area contributed by atoms with Crippen LogP contribution in [0.1, 0.15) is 11.3 Å². The number of alkyl halides is 3. The minimum atomic E-state index is -4.68. The van der Waals surface area contributed by atoms with Crippen molar-refractivity contribution < 1.29 is 21.6 Å². The summed E-state index contributed by atoms with van der Waals surface area (Å²) in [4.78, 5) is 0.0894. The lowest BCUT2D eigenvalue weighted by molar-refractivity contribution is -0.140. The molecule has 9 heteroatoms. The molecule has 2 heterocycles. The zero-order valence-corrected chi connectivity index (χ0v) is 18.1. The Labute approximate surface area is 181 Å². The number of benzene rings is 2. The second-order valence-corrected chi connectivity index (χ2v) is 10.0. The van der Waals surface area contributed by atoms with E-state index in [9.17, 15) is 21.6 Å². The van der Waals surface area contributed by atoms with Crippen LogP contribution in [0, 0.1) is 6.92 Å². The Kier molecular flexibility index (Phi) is 5.26. The molecular weight excluding hydrogens is 445 g/mol. The molecule has 0 fully saturated rings. The first kappa shape index (κ1) is 21.3. The lowest BCUT2D eigenvalue weighted by Crippen LogP contribution is -2.08. The minimum absolute atomic E-state index is 0.0498. The number of aryl methyl sites for hydroxylation is 1. The number of thiophene rings is 1. The fraction of sp³-hybridized carbons (Fsp3) is 0.136. The maximum absolute atomic E-state index is 14.0. The second kappa shape index (κ2) is 7.65. The lowest BCUT2D eigenvalue weighted by atomic mass is 9.98. The van der Waals surface area contributed by atoms with Crippen molar-refractivity contribution in [3.8, 4) is 27.4 Å². The highest BCUT2D eigenvalue weighted by molar-refractivity contribution is 7.90. The van der Waals surface area contributed by atoms with E-state index >= 15 is 0 Å². The van der Waals surface area contributed by atoms with E-state index < -0.39 is 21.7 Å². The first-order valence-electron chi connectivity index (χ1n) is 9.17. The number of halogens is 3. The fourth-order valence-corrected chi connectivity index (χ4v) is 4.80. The predicted molar refractivity (Wildman–Crippen MR) is 115 cm³/mol. The molecule has 0 bridgehead atoms. The maximum Gasteiger partial charge on any atom is 0.435 e. The van der Waals surface area contributed by atoms with E-state index in [1.54, 1.807) is 36.4 Å². The van der Waals surface area contributed by atoms with Gasteiger partial charge in [0.15, 0.2) is 15.5 Å². The van der Waals surface area contributed by atoms with Crippen molar-refractivity contribution in [2.24, 2.45) is 0 Å². The average Bonchev–Trinajstić information content (AvgIpc) is 3.31. The van der Waals surface area contributed by atoms with Crippen LogP contribution >= 0.6 is 11.3 Å². The summed E-state index contributed by atoms with van der Waals surface area (Å²) >= 11 is 1.28. The van der Waals surface area contributed by atoms with Crippen molar-refractivity contribution in [2.45, 2.75) is 18.0 Å². The summed E-state index contributed by atoms with van der Waals surface area (Å²) in [6.45, 7) is 1.85. The van der Waals surface area contributed by atoms with Crippen molar-refractivity contribution in [1.82, 2.24) is 9.78 Å². The quantitative estimate of drug-likeness (QED) is 0.374. The number of nitrogens with zero attached hydrogens (tertiary/aromatic N) is 2. The summed E-state index contributed by atoms with van der Waals surface area (Å²) in [7, 11) is -3.44. The van der Waals surface area contributed by atoms with Gasteiger partial charge in [0.1, 0.15) is 5.00 Å². The summed E-state index contributed by atoms with van der Waals surface area (Å²) < 4.78 is 67.1. The second-order valence-electron chi connectivity index (χ2n) is 7.11. The SMILES string of the molecule is Cc1csc(-n2nc(C(F)(F)F)c(-c3ccccc3)c2-c2ccc(S(C)(=O)=O)cc2)c1. The van der Waals surface area contributed by atoms with E-state index in [-0.39, 0.29) is 16.2 Å². The molecule has 2 aromatic carbocycles. The third kappa shape index (κ3) is 4.15. The largest absolute Gasteiger partial charge is 0.435 e. The molecule has 0 aliphatic rings. The third-order valence-corrected chi connectivity index (χ3v) is 6.85. The maximum atomic E-state index is 14.0. The van der Waals surface area contributed by atoms with Gasteiger partial charge in [-0.15, -0.1) is 11.3 Å². The Morgan fingerprint density at radius 2 is 1.61 bits per heavy atom. The van der Waals surface area contributed by atoms with E-state index in [1.165, 1.54) is 40.3 Å². The van der Waals surface area contributed by atoms with Gasteiger partial charge in [-0.3, -0.25) is 0 Å². The summed E-state index contributed by atoms with van der Waals surface area (Å²) in [5, 5.41) is 6.34. The molecule has 0 amide bonds. The molecule has 31 heavy (non-hydrogen) atoms. The minimum Gasteiger partial charge on any atom is -0.224 e. The predicted octanol–water partition coefficient (Wildman–Crippen LogP) is 6.00. The van der Waals surface area contributed by atoms with Crippen molar-refractivity contribution in [3.63, 3.8) is 0 Å². The van der Waals surface area contributed by atoms with Crippen molar-refractivity contribution in [1.29, 1.82) is 0 Å². The van der Waals surface area contributed by atoms with Gasteiger partial charge in [-0.05, 0) is 41.6 Å². The molecule has 0 atom stereocenters. The van der Waals surface area contributed by atoms with Crippen LogP contribution in [-0.4, -0.2) is 24.5 Å². The monoisotopic (exact) mass is 462 g/mol. The molecule has 0 unspecified atom stereocenters. The van der Waals surface area contributed by atoms with Crippen LogP contribution < -0.4 is 0 Å². The van der Waals surface area contributed by atoms with Gasteiger partial charge in [0.25, 0.3) is 0 Å². The summed E-state index contributed by atoms with van der Waals surface area (Å²) in [6, 6.07) is 15.8. The van der Waals surface area contributed by atoms with Crippen LogP contribution in [0.2, 0.25) is 0 Å². The molecule has 0 aliphatic carbocycles. The number of rotatable bonds is 4. The molecule has 0 aliphatic heterocycles. The fourth-order valence-electron chi connectivity index (χ4n) is 3.31. The van der Waals surface area contributed by atoms with Crippen LogP contribution in [0.25, 0.3) is 27.4 Å². The van der Waals surface area contributed by atoms with E-state index in [0.29, 0.717) is 16.1 Å². The highest BCUT2D eigenvalue weighted by atomic mass is 32.2. The van der Waals surface area contributed by atoms with Crippen LogP contribution in [0.4, 0.5) is 13.2 Å². The van der Waals surface area contributed by atoms with Gasteiger partial charge in [0, 0.05) is 17.4 Å². The van der Waals surface area contributed by atoms with Crippen molar-refractivity contribution in [3.05, 3.63) is 77.3 Å². The van der Waals surface area contributed by atoms with Crippen molar-refractivity contribution in [2.75, 3.05) is 6.26 Å². The molecule has 4 aromatic rings. The number of aromatic nitrogens is 2. The van der Waals surface area contributed by atoms with Gasteiger partial charge in [-0.1, -0.05) is 42.5 Å². The molecule has 4 rings (SSSR count). The molecule has 0 radical (unpaired) electrons. The van der Waals surface area contributed by atoms with Gasteiger partial charge >= 0.3 is 6.18 Å². The Morgan fingerprint density at radius 3 is 2.13 bits per heavy atom. The summed E-state index contributed by atoms with van der Waals surface area (Å²) in [5.41, 5.74) is 0.916. The molecule has 0 saturated carbocycles. The molecule has 0 N–H and O–H groups in total. The molecule has 4 nitrogen and oxygen atoms in total. The summed E-state index contributed by atoms with van der Waals surface area (Å²) in [6.07, 6.45) is -3.60. The van der Waals surface area contributed by atoms with Gasteiger partial charge in [0.05, 0.1) is 10.6 Å². The third-order valence-electron chi connectivity index (χ3n) is 4.70. The number of hydrogen-bond acceptors (Lipinski definition) is 4. The Bertz CT molecular complexity index is 1340. The zero-order valence-electron chi connectivity index (χ0n) is 16.5. The Balaban J connectivity index is 2.07. The topological polar surface area (TPSA) is 52.0 Å². The van der Waals surface area contributed by atoms with Gasteiger partial charge in [-0.2, -0.15) is 18.3 Å². The first-order valence-corrected chi connectivity index (χ1v) is 11.9. The molecule has 0 saturated heterocycles. The van der Waals surface area contributed by atoms with Crippen LogP contribution in [0.5, 0.6) is 0 Å². The van der Waals surface area contributed by atoms with E-state index in [4.69, 9.17) is 0 Å². The van der Waals surface area contributed by atoms with E-state index in [0.717, 1.165) is 11.8 Å².